The largest absolute Gasteiger partial charge is 0.328 e. The number of amides is 3. The van der Waals surface area contributed by atoms with Crippen molar-refractivity contribution >= 4 is 33.4 Å². The normalized spacial score (nSPS) is 11.0. The highest BCUT2D eigenvalue weighted by Crippen LogP contribution is 2.13. The van der Waals surface area contributed by atoms with Crippen molar-refractivity contribution in [1.29, 1.82) is 0 Å². The molecule has 0 fully saturated rings. The molecule has 0 aliphatic rings. The van der Waals surface area contributed by atoms with Crippen LogP contribution in [0.15, 0.2) is 40.1 Å². The van der Waals surface area contributed by atoms with Crippen LogP contribution in [0.5, 0.6) is 0 Å². The van der Waals surface area contributed by atoms with E-state index in [4.69, 9.17) is 0 Å². The van der Waals surface area contributed by atoms with E-state index in [-0.39, 0.29) is 6.54 Å². The minimum atomic E-state index is -3.82. The van der Waals surface area contributed by atoms with Crippen LogP contribution in [0.2, 0.25) is 0 Å². The van der Waals surface area contributed by atoms with Gasteiger partial charge in [0, 0.05) is 23.1 Å². The number of carbonyl (C=O) groups excluding carboxylic acids is 2. The highest BCUT2D eigenvalue weighted by Gasteiger charge is 2.11. The Labute approximate surface area is 165 Å². The van der Waals surface area contributed by atoms with Crippen molar-refractivity contribution in [2.45, 2.75) is 13.5 Å². The summed E-state index contributed by atoms with van der Waals surface area (Å²) < 4.78 is 27.6. The maximum atomic E-state index is 12.1. The van der Waals surface area contributed by atoms with Crippen molar-refractivity contribution in [2.75, 3.05) is 23.6 Å². The molecule has 0 aliphatic carbocycles. The molecule has 1 heterocycles. The first-order valence-electron chi connectivity index (χ1n) is 8.13. The molecule has 2 rings (SSSR count). The van der Waals surface area contributed by atoms with Crippen LogP contribution in [0.3, 0.4) is 0 Å². The molecule has 0 bridgehead atoms. The molecule has 4 N–H and O–H groups in total. The number of H-pyrrole nitrogens is 1. The van der Waals surface area contributed by atoms with E-state index >= 15 is 0 Å². The van der Waals surface area contributed by atoms with E-state index in [0.717, 1.165) is 11.7 Å². The van der Waals surface area contributed by atoms with Gasteiger partial charge in [0.1, 0.15) is 12.4 Å². The summed E-state index contributed by atoms with van der Waals surface area (Å²) in [6.07, 6.45) is 1.29. The first-order chi connectivity index (χ1) is 13.6. The smallest absolute Gasteiger partial charge is 0.325 e. The molecular weight excluding hydrogens is 406 g/mol. The first kappa shape index (κ1) is 21.8. The number of nitrogens with one attached hydrogen (secondary N) is 4. The third-order valence-electron chi connectivity index (χ3n) is 3.59. The van der Waals surface area contributed by atoms with Gasteiger partial charge in [-0.1, -0.05) is 0 Å². The molecule has 0 spiro atoms. The topological polar surface area (TPSA) is 168 Å². The van der Waals surface area contributed by atoms with Crippen molar-refractivity contribution in [1.82, 2.24) is 14.9 Å². The molecule has 2 aromatic rings. The molecule has 156 valence electrons. The predicted octanol–water partition coefficient (Wildman–Crippen LogP) is -0.461. The number of hydrogen-bond donors (Lipinski definition) is 4. The van der Waals surface area contributed by atoms with E-state index in [9.17, 15) is 27.6 Å². The molecule has 1 aromatic carbocycles. The summed E-state index contributed by atoms with van der Waals surface area (Å²) in [4.78, 5) is 48.9. The number of aromatic nitrogens is 2. The molecule has 1 aromatic heterocycles. The Morgan fingerprint density at radius 1 is 1.10 bits per heavy atom. The summed E-state index contributed by atoms with van der Waals surface area (Å²) in [7, 11) is -2.84. The summed E-state index contributed by atoms with van der Waals surface area (Å²) in [6, 6.07) is 5.21. The molecule has 29 heavy (non-hydrogen) atoms. The third-order valence-corrected chi connectivity index (χ3v) is 4.60. The van der Waals surface area contributed by atoms with Crippen LogP contribution in [0, 0.1) is 6.92 Å². The number of urea groups is 1. The molecule has 0 atom stereocenters. The molecule has 0 saturated carbocycles. The van der Waals surface area contributed by atoms with Gasteiger partial charge in [-0.2, -0.15) is 8.42 Å². The first-order valence-corrected chi connectivity index (χ1v) is 9.71. The van der Waals surface area contributed by atoms with Gasteiger partial charge in [0.25, 0.3) is 15.7 Å². The van der Waals surface area contributed by atoms with Crippen LogP contribution >= 0.6 is 0 Å². The van der Waals surface area contributed by atoms with Crippen LogP contribution in [-0.2, 0) is 25.6 Å². The summed E-state index contributed by atoms with van der Waals surface area (Å²) >= 11 is 0. The van der Waals surface area contributed by atoms with Gasteiger partial charge in [-0.3, -0.25) is 23.3 Å². The highest BCUT2D eigenvalue weighted by molar-refractivity contribution is 7.86. The average Bonchev–Trinajstić information content (AvgIpc) is 2.66. The Kier molecular flexibility index (Phi) is 6.90. The average molecular weight is 425 g/mol. The molecular formula is C16H19N5O7S. The second-order valence-electron chi connectivity index (χ2n) is 5.82. The number of aromatic amines is 1. The fraction of sp³-hybridized carbons (Fsp3) is 0.250. The van der Waals surface area contributed by atoms with E-state index in [1.807, 2.05) is 0 Å². The molecule has 0 unspecified atom stereocenters. The van der Waals surface area contributed by atoms with Gasteiger partial charge >= 0.3 is 11.7 Å². The van der Waals surface area contributed by atoms with Gasteiger partial charge in [-0.05, 0) is 31.2 Å². The van der Waals surface area contributed by atoms with Gasteiger partial charge in [0.2, 0.25) is 5.91 Å². The maximum Gasteiger partial charge on any atom is 0.328 e. The van der Waals surface area contributed by atoms with Crippen LogP contribution in [0.4, 0.5) is 16.2 Å². The molecule has 13 heteroatoms. The van der Waals surface area contributed by atoms with Crippen molar-refractivity contribution in [3.63, 3.8) is 0 Å². The van der Waals surface area contributed by atoms with E-state index in [2.05, 4.69) is 25.1 Å². The van der Waals surface area contributed by atoms with Crippen LogP contribution in [0.25, 0.3) is 0 Å². The Morgan fingerprint density at radius 2 is 1.69 bits per heavy atom. The lowest BCUT2D eigenvalue weighted by Gasteiger charge is -2.10. The van der Waals surface area contributed by atoms with E-state index < -0.39 is 39.2 Å². The fourth-order valence-corrected chi connectivity index (χ4v) is 2.54. The van der Waals surface area contributed by atoms with Crippen molar-refractivity contribution in [3.8, 4) is 0 Å². The van der Waals surface area contributed by atoms with Crippen molar-refractivity contribution in [2.24, 2.45) is 0 Å². The Morgan fingerprint density at radius 3 is 2.28 bits per heavy atom. The van der Waals surface area contributed by atoms with Gasteiger partial charge in [0.05, 0.1) is 7.11 Å². The third kappa shape index (κ3) is 6.58. The number of rotatable bonds is 7. The predicted molar refractivity (Wildman–Crippen MR) is 104 cm³/mol. The lowest BCUT2D eigenvalue weighted by molar-refractivity contribution is -0.116. The zero-order chi connectivity index (χ0) is 21.6. The molecule has 0 aliphatic heterocycles. The lowest BCUT2D eigenvalue weighted by atomic mass is 10.3. The number of benzene rings is 1. The summed E-state index contributed by atoms with van der Waals surface area (Å²) in [5.74, 6) is -1.19. The quantitative estimate of drug-likeness (QED) is 0.435. The number of aryl methyl sites for hydroxylation is 1. The number of nitrogens with zero attached hydrogens (tertiary/aromatic N) is 1. The number of carbonyl (C=O) groups is 2. The van der Waals surface area contributed by atoms with Gasteiger partial charge in [0.15, 0.2) is 0 Å². The minimum Gasteiger partial charge on any atom is -0.325 e. The molecule has 3 amide bonds. The Hall–Kier alpha value is -3.45. The van der Waals surface area contributed by atoms with Crippen LogP contribution in [0.1, 0.15) is 5.56 Å². The zero-order valence-corrected chi connectivity index (χ0v) is 16.3. The van der Waals surface area contributed by atoms with Crippen molar-refractivity contribution < 1.29 is 22.2 Å². The SMILES string of the molecule is COS(=O)(=O)CNC(=O)Nc1ccc(NC(=O)Cn2cc(C)c(=O)[nH]c2=O)cc1. The summed E-state index contributed by atoms with van der Waals surface area (Å²) in [5.41, 5.74) is -0.167. The van der Waals surface area contributed by atoms with Crippen LogP contribution < -0.4 is 27.2 Å². The molecule has 0 saturated heterocycles. The van der Waals surface area contributed by atoms with Gasteiger partial charge in [-0.25, -0.2) is 9.59 Å². The highest BCUT2D eigenvalue weighted by atomic mass is 32.2. The maximum absolute atomic E-state index is 12.1. The zero-order valence-electron chi connectivity index (χ0n) is 15.5. The van der Waals surface area contributed by atoms with Crippen molar-refractivity contribution in [3.05, 3.63) is 56.9 Å². The Bertz CT molecular complexity index is 1120. The second kappa shape index (κ2) is 9.16. The monoisotopic (exact) mass is 425 g/mol. The molecule has 0 radical (unpaired) electrons. The minimum absolute atomic E-state index is 0.296. The standard InChI is InChI=1S/C16H19N5O7S/c1-10-7-21(16(25)20-14(10)23)8-13(22)18-11-3-5-12(6-4-11)19-15(24)17-9-29(26,27)28-2/h3-7H,8-9H2,1-2H3,(H,18,22)(H2,17,19,24)(H,20,23,25). The van der Waals surface area contributed by atoms with Gasteiger partial charge < -0.3 is 16.0 Å². The van der Waals surface area contributed by atoms with Gasteiger partial charge in [-0.15, -0.1) is 0 Å². The van der Waals surface area contributed by atoms with Crippen LogP contribution in [-0.4, -0.2) is 42.9 Å². The van der Waals surface area contributed by atoms with E-state index in [1.54, 1.807) is 0 Å². The number of hydrogen-bond acceptors (Lipinski definition) is 7. The fourth-order valence-electron chi connectivity index (χ4n) is 2.12. The lowest BCUT2D eigenvalue weighted by Crippen LogP contribution is -2.34. The molecule has 12 nitrogen and oxygen atoms in total. The Balaban J connectivity index is 1.92. The number of anilines is 2. The summed E-state index contributed by atoms with van der Waals surface area (Å²) in [5, 5.41) is 7.11. The second-order valence-corrected chi connectivity index (χ2v) is 7.56. The van der Waals surface area contributed by atoms with E-state index in [1.165, 1.54) is 37.4 Å². The van der Waals surface area contributed by atoms with E-state index in [0.29, 0.717) is 16.9 Å². The summed E-state index contributed by atoms with van der Waals surface area (Å²) in [6.45, 7) is 1.21.